The number of ether oxygens (including phenoxy) is 1. The normalized spacial score (nSPS) is 18.8. The molecule has 2 unspecified atom stereocenters. The number of H-pyrrole nitrogens is 1. The van der Waals surface area contributed by atoms with Gasteiger partial charge in [-0.05, 0) is 38.5 Å². The van der Waals surface area contributed by atoms with Gasteiger partial charge in [0.15, 0.2) is 0 Å². The lowest BCUT2D eigenvalue weighted by atomic mass is 10.0. The van der Waals surface area contributed by atoms with Crippen LogP contribution in [0.5, 0.6) is 5.88 Å². The van der Waals surface area contributed by atoms with Gasteiger partial charge in [0.2, 0.25) is 11.8 Å². The van der Waals surface area contributed by atoms with Crippen molar-refractivity contribution in [1.29, 1.82) is 0 Å². The molecule has 3 rings (SSSR count). The Balaban J connectivity index is 1.82. The number of rotatable bonds is 5. The average molecular weight is 360 g/mol. The molecule has 1 aliphatic rings. The molecular formula is C18H24N4O2S. The molecule has 7 heteroatoms. The van der Waals surface area contributed by atoms with Crippen LogP contribution in [0.15, 0.2) is 24.5 Å². The van der Waals surface area contributed by atoms with Crippen LogP contribution in [0.25, 0.3) is 11.3 Å². The highest BCUT2D eigenvalue weighted by molar-refractivity contribution is 7.99. The van der Waals surface area contributed by atoms with Crippen LogP contribution >= 0.6 is 11.8 Å². The zero-order valence-corrected chi connectivity index (χ0v) is 15.7. The molecule has 0 spiro atoms. The minimum absolute atomic E-state index is 0.0239. The van der Waals surface area contributed by atoms with Gasteiger partial charge in [-0.15, -0.1) is 0 Å². The fourth-order valence-electron chi connectivity index (χ4n) is 3.13. The third-order valence-corrected chi connectivity index (χ3v) is 5.56. The van der Waals surface area contributed by atoms with E-state index in [0.717, 1.165) is 42.9 Å². The maximum absolute atomic E-state index is 12.7. The molecule has 0 aromatic carbocycles. The van der Waals surface area contributed by atoms with E-state index < -0.39 is 0 Å². The summed E-state index contributed by atoms with van der Waals surface area (Å²) in [6, 6.07) is 3.80. The topological polar surface area (TPSA) is 71.1 Å². The number of aromatic amines is 1. The Morgan fingerprint density at radius 2 is 2.20 bits per heavy atom. The van der Waals surface area contributed by atoms with Crippen LogP contribution in [0.1, 0.15) is 38.1 Å². The number of pyridine rings is 1. The Labute approximate surface area is 152 Å². The molecule has 0 radical (unpaired) electrons. The van der Waals surface area contributed by atoms with Crippen LogP contribution < -0.4 is 4.74 Å². The summed E-state index contributed by atoms with van der Waals surface area (Å²) in [6.45, 7) is 2.77. The summed E-state index contributed by atoms with van der Waals surface area (Å²) < 4.78 is 5.10. The molecule has 1 N–H and O–H groups in total. The predicted octanol–water partition coefficient (Wildman–Crippen LogP) is 3.29. The molecule has 0 saturated carbocycles. The number of amides is 1. The fourth-order valence-corrected chi connectivity index (χ4v) is 3.46. The van der Waals surface area contributed by atoms with Crippen molar-refractivity contribution in [3.63, 3.8) is 0 Å². The second-order valence-corrected chi connectivity index (χ2v) is 7.37. The highest BCUT2D eigenvalue weighted by atomic mass is 32.2. The number of thioether (sulfide) groups is 1. The third kappa shape index (κ3) is 3.81. The number of aromatic nitrogens is 3. The molecule has 1 aliphatic heterocycles. The number of carbonyl (C=O) groups is 1. The Morgan fingerprint density at radius 1 is 1.36 bits per heavy atom. The lowest BCUT2D eigenvalue weighted by Crippen LogP contribution is -2.42. The number of piperidine rings is 1. The van der Waals surface area contributed by atoms with Crippen molar-refractivity contribution in [1.82, 2.24) is 19.9 Å². The largest absolute Gasteiger partial charge is 0.481 e. The van der Waals surface area contributed by atoms with Crippen LogP contribution in [-0.4, -0.2) is 50.9 Å². The van der Waals surface area contributed by atoms with Gasteiger partial charge >= 0.3 is 0 Å². The number of hydrogen-bond donors (Lipinski definition) is 1. The van der Waals surface area contributed by atoms with E-state index in [0.29, 0.717) is 5.88 Å². The monoisotopic (exact) mass is 360 g/mol. The molecule has 3 heterocycles. The molecule has 6 nitrogen and oxygen atoms in total. The summed E-state index contributed by atoms with van der Waals surface area (Å²) in [5.41, 5.74) is 1.85. The number of likely N-dealkylation sites (tertiary alicyclic amines) is 1. The minimum Gasteiger partial charge on any atom is -0.481 e. The van der Waals surface area contributed by atoms with E-state index in [1.165, 1.54) is 0 Å². The first kappa shape index (κ1) is 17.8. The summed E-state index contributed by atoms with van der Waals surface area (Å²) in [4.78, 5) is 26.9. The molecule has 2 aromatic rings. The van der Waals surface area contributed by atoms with Gasteiger partial charge in [0, 0.05) is 24.4 Å². The first-order valence-electron chi connectivity index (χ1n) is 8.52. The van der Waals surface area contributed by atoms with Crippen molar-refractivity contribution in [2.75, 3.05) is 19.9 Å². The molecule has 2 atom stereocenters. The quantitative estimate of drug-likeness (QED) is 0.886. The molecule has 134 valence electrons. The van der Waals surface area contributed by atoms with Crippen LogP contribution in [0.3, 0.4) is 0 Å². The molecular weight excluding hydrogens is 336 g/mol. The van der Waals surface area contributed by atoms with Crippen LogP contribution in [0.2, 0.25) is 0 Å². The first-order chi connectivity index (χ1) is 12.1. The van der Waals surface area contributed by atoms with Crippen molar-refractivity contribution in [2.45, 2.75) is 37.5 Å². The molecule has 25 heavy (non-hydrogen) atoms. The Kier molecular flexibility index (Phi) is 5.63. The second kappa shape index (κ2) is 7.91. The van der Waals surface area contributed by atoms with E-state index in [4.69, 9.17) is 4.74 Å². The van der Waals surface area contributed by atoms with Gasteiger partial charge in [0.05, 0.1) is 30.3 Å². The van der Waals surface area contributed by atoms with Crippen LogP contribution in [-0.2, 0) is 4.79 Å². The van der Waals surface area contributed by atoms with Gasteiger partial charge < -0.3 is 14.6 Å². The van der Waals surface area contributed by atoms with E-state index in [1.807, 2.05) is 36.4 Å². The minimum atomic E-state index is -0.0270. The van der Waals surface area contributed by atoms with Gasteiger partial charge in [-0.2, -0.15) is 11.8 Å². The Bertz CT molecular complexity index is 716. The number of nitrogens with zero attached hydrogens (tertiary/aromatic N) is 3. The number of carbonyl (C=O) groups excluding carboxylic acids is 1. The number of imidazole rings is 1. The lowest BCUT2D eigenvalue weighted by Gasteiger charge is -2.36. The summed E-state index contributed by atoms with van der Waals surface area (Å²) in [5, 5.41) is -0.0270. The maximum Gasteiger partial charge on any atom is 0.236 e. The van der Waals surface area contributed by atoms with E-state index >= 15 is 0 Å². The zero-order valence-electron chi connectivity index (χ0n) is 14.9. The fraction of sp³-hybridized carbons (Fsp3) is 0.500. The van der Waals surface area contributed by atoms with Gasteiger partial charge in [0.1, 0.15) is 5.82 Å². The van der Waals surface area contributed by atoms with E-state index in [-0.39, 0.29) is 17.2 Å². The molecule has 0 bridgehead atoms. The van der Waals surface area contributed by atoms with E-state index in [9.17, 15) is 4.79 Å². The van der Waals surface area contributed by atoms with Crippen LogP contribution in [0, 0.1) is 0 Å². The zero-order chi connectivity index (χ0) is 17.8. The van der Waals surface area contributed by atoms with Crippen molar-refractivity contribution in [2.24, 2.45) is 0 Å². The highest BCUT2D eigenvalue weighted by Crippen LogP contribution is 2.32. The Hall–Kier alpha value is -2.02. The molecule has 1 amide bonds. The van der Waals surface area contributed by atoms with Crippen molar-refractivity contribution >= 4 is 17.7 Å². The molecule has 2 aromatic heterocycles. The van der Waals surface area contributed by atoms with Gasteiger partial charge in [-0.25, -0.2) is 9.97 Å². The molecule has 0 aliphatic carbocycles. The summed E-state index contributed by atoms with van der Waals surface area (Å²) >= 11 is 1.59. The molecule has 1 saturated heterocycles. The predicted molar refractivity (Wildman–Crippen MR) is 99.7 cm³/mol. The first-order valence-corrected chi connectivity index (χ1v) is 9.81. The average Bonchev–Trinajstić information content (AvgIpc) is 3.17. The lowest BCUT2D eigenvalue weighted by molar-refractivity contribution is -0.134. The summed E-state index contributed by atoms with van der Waals surface area (Å²) in [5.74, 6) is 1.63. The van der Waals surface area contributed by atoms with Crippen molar-refractivity contribution in [3.8, 4) is 17.1 Å². The summed E-state index contributed by atoms with van der Waals surface area (Å²) in [7, 11) is 1.60. The van der Waals surface area contributed by atoms with Crippen molar-refractivity contribution in [3.05, 3.63) is 30.4 Å². The molecule has 1 fully saturated rings. The third-order valence-electron chi connectivity index (χ3n) is 4.65. The second-order valence-electron chi connectivity index (χ2n) is 6.19. The Morgan fingerprint density at radius 3 is 2.88 bits per heavy atom. The SMILES string of the molecule is COc1ccc(-c2cnc(C3CCCCN3C(=O)C(C)SC)[nH]2)cn1. The van der Waals surface area contributed by atoms with Crippen LogP contribution in [0.4, 0.5) is 0 Å². The van der Waals surface area contributed by atoms with E-state index in [1.54, 1.807) is 25.1 Å². The highest BCUT2D eigenvalue weighted by Gasteiger charge is 2.32. The van der Waals surface area contributed by atoms with Gasteiger partial charge in [-0.3, -0.25) is 4.79 Å². The van der Waals surface area contributed by atoms with Gasteiger partial charge in [0.25, 0.3) is 0 Å². The maximum atomic E-state index is 12.7. The number of methoxy groups -OCH3 is 1. The van der Waals surface area contributed by atoms with Crippen molar-refractivity contribution < 1.29 is 9.53 Å². The standard InChI is InChI=1S/C18H24N4O2S/c1-12(25-3)18(23)22-9-5-4-6-15(22)17-20-11-14(21-17)13-7-8-16(24-2)19-10-13/h7-8,10-12,15H,4-6,9H2,1-3H3,(H,20,21). The number of nitrogens with one attached hydrogen (secondary N) is 1. The smallest absolute Gasteiger partial charge is 0.236 e. The summed E-state index contributed by atoms with van der Waals surface area (Å²) in [6.07, 6.45) is 8.66. The van der Waals surface area contributed by atoms with Gasteiger partial charge in [-0.1, -0.05) is 0 Å². The number of hydrogen-bond acceptors (Lipinski definition) is 5. The van der Waals surface area contributed by atoms with E-state index in [2.05, 4.69) is 15.0 Å².